The second kappa shape index (κ2) is 5.94. The molecule has 0 aliphatic carbocycles. The van der Waals surface area contributed by atoms with Gasteiger partial charge >= 0.3 is 0 Å². The molecule has 2 rings (SSSR count). The van der Waals surface area contributed by atoms with Gasteiger partial charge in [0.15, 0.2) is 0 Å². The number of carbonyl (C=O) groups excluding carboxylic acids is 1. The molecule has 18 heavy (non-hydrogen) atoms. The minimum Gasteiger partial charge on any atom is -0.322 e. The number of amides is 1. The van der Waals surface area contributed by atoms with Crippen molar-refractivity contribution in [3.63, 3.8) is 0 Å². The van der Waals surface area contributed by atoms with Crippen LogP contribution in [0.25, 0.3) is 0 Å². The van der Waals surface area contributed by atoms with Gasteiger partial charge in [-0.05, 0) is 48.7 Å². The average Bonchev–Trinajstić information content (AvgIpc) is 2.41. The number of anilines is 1. The normalized spacial score (nSPS) is 10.1. The highest BCUT2D eigenvalue weighted by Crippen LogP contribution is 2.18. The van der Waals surface area contributed by atoms with Gasteiger partial charge in [-0.15, -0.1) is 11.8 Å². The summed E-state index contributed by atoms with van der Waals surface area (Å²) < 4.78 is 0. The van der Waals surface area contributed by atoms with Crippen molar-refractivity contribution in [2.45, 2.75) is 4.90 Å². The van der Waals surface area contributed by atoms with Crippen molar-refractivity contribution < 1.29 is 4.79 Å². The predicted octanol–water partition coefficient (Wildman–Crippen LogP) is 4.31. The van der Waals surface area contributed by atoms with Gasteiger partial charge < -0.3 is 5.32 Å². The molecule has 0 fully saturated rings. The van der Waals surface area contributed by atoms with Crippen molar-refractivity contribution in [1.29, 1.82) is 0 Å². The zero-order valence-corrected chi connectivity index (χ0v) is 11.4. The molecule has 0 bridgehead atoms. The standard InChI is InChI=1S/C14H12ClNOS/c1-18-13-4-2-3-10(9-13)14(17)16-12-7-5-11(15)6-8-12/h2-9H,1H3,(H,16,17). The Balaban J connectivity index is 2.14. The van der Waals surface area contributed by atoms with Crippen LogP contribution >= 0.6 is 23.4 Å². The first-order chi connectivity index (χ1) is 8.69. The summed E-state index contributed by atoms with van der Waals surface area (Å²) in [5, 5.41) is 3.48. The van der Waals surface area contributed by atoms with E-state index in [0.717, 1.165) is 10.6 Å². The van der Waals surface area contributed by atoms with Gasteiger partial charge in [0, 0.05) is 21.2 Å². The van der Waals surface area contributed by atoms with Crippen molar-refractivity contribution >= 4 is 35.0 Å². The summed E-state index contributed by atoms with van der Waals surface area (Å²) in [4.78, 5) is 13.1. The Bertz CT molecular complexity index is 554. The summed E-state index contributed by atoms with van der Waals surface area (Å²) in [6.07, 6.45) is 1.98. The minimum atomic E-state index is -0.117. The average molecular weight is 278 g/mol. The Morgan fingerprint density at radius 2 is 1.89 bits per heavy atom. The molecule has 1 amide bonds. The van der Waals surface area contributed by atoms with Crippen LogP contribution in [-0.4, -0.2) is 12.2 Å². The van der Waals surface area contributed by atoms with E-state index < -0.39 is 0 Å². The number of halogens is 1. The zero-order chi connectivity index (χ0) is 13.0. The van der Waals surface area contributed by atoms with E-state index in [-0.39, 0.29) is 5.91 Å². The molecule has 0 atom stereocenters. The van der Waals surface area contributed by atoms with Crippen molar-refractivity contribution in [2.24, 2.45) is 0 Å². The number of hydrogen-bond donors (Lipinski definition) is 1. The third-order valence-electron chi connectivity index (χ3n) is 2.43. The van der Waals surface area contributed by atoms with E-state index in [9.17, 15) is 4.79 Å². The van der Waals surface area contributed by atoms with E-state index in [0.29, 0.717) is 10.6 Å². The Hall–Kier alpha value is -1.45. The fourth-order valence-electron chi connectivity index (χ4n) is 1.50. The van der Waals surface area contributed by atoms with Crippen LogP contribution in [-0.2, 0) is 0 Å². The molecule has 1 N–H and O–H groups in total. The molecule has 4 heteroatoms. The van der Waals surface area contributed by atoms with E-state index >= 15 is 0 Å². The molecule has 0 spiro atoms. The van der Waals surface area contributed by atoms with Crippen LogP contribution < -0.4 is 5.32 Å². The van der Waals surface area contributed by atoms with Crippen LogP contribution in [0.5, 0.6) is 0 Å². The Morgan fingerprint density at radius 1 is 1.17 bits per heavy atom. The van der Waals surface area contributed by atoms with E-state index in [2.05, 4.69) is 5.32 Å². The van der Waals surface area contributed by atoms with Gasteiger partial charge in [-0.25, -0.2) is 0 Å². The lowest BCUT2D eigenvalue weighted by Gasteiger charge is -2.06. The summed E-state index contributed by atoms with van der Waals surface area (Å²) in [5.41, 5.74) is 1.38. The van der Waals surface area contributed by atoms with Crippen LogP contribution in [0.3, 0.4) is 0 Å². The molecule has 2 aromatic rings. The maximum atomic E-state index is 12.0. The quantitative estimate of drug-likeness (QED) is 0.847. The highest BCUT2D eigenvalue weighted by Gasteiger charge is 2.06. The van der Waals surface area contributed by atoms with Gasteiger partial charge in [-0.3, -0.25) is 4.79 Å². The number of hydrogen-bond acceptors (Lipinski definition) is 2. The minimum absolute atomic E-state index is 0.117. The summed E-state index contributed by atoms with van der Waals surface area (Å²) in [6.45, 7) is 0. The molecule has 0 aromatic heterocycles. The van der Waals surface area contributed by atoms with Gasteiger partial charge in [0.05, 0.1) is 0 Å². The second-order valence-corrected chi connectivity index (χ2v) is 5.01. The van der Waals surface area contributed by atoms with Gasteiger partial charge in [0.2, 0.25) is 0 Å². The van der Waals surface area contributed by atoms with Crippen molar-refractivity contribution in [1.82, 2.24) is 0 Å². The number of carbonyl (C=O) groups is 1. The monoisotopic (exact) mass is 277 g/mol. The van der Waals surface area contributed by atoms with Gasteiger partial charge in [0.1, 0.15) is 0 Å². The summed E-state index contributed by atoms with van der Waals surface area (Å²) >= 11 is 7.40. The van der Waals surface area contributed by atoms with Crippen LogP contribution in [0.15, 0.2) is 53.4 Å². The lowest BCUT2D eigenvalue weighted by Crippen LogP contribution is -2.11. The molecular weight excluding hydrogens is 266 g/mol. The molecule has 0 aliphatic heterocycles. The Morgan fingerprint density at radius 3 is 2.56 bits per heavy atom. The number of thioether (sulfide) groups is 1. The van der Waals surface area contributed by atoms with Crippen LogP contribution in [0, 0.1) is 0 Å². The molecule has 0 radical (unpaired) electrons. The molecule has 2 aromatic carbocycles. The molecule has 92 valence electrons. The van der Waals surface area contributed by atoms with Gasteiger partial charge in [-0.1, -0.05) is 17.7 Å². The highest BCUT2D eigenvalue weighted by molar-refractivity contribution is 7.98. The van der Waals surface area contributed by atoms with Crippen molar-refractivity contribution in [3.05, 3.63) is 59.1 Å². The fourth-order valence-corrected chi connectivity index (χ4v) is 2.09. The summed E-state index contributed by atoms with van der Waals surface area (Å²) in [7, 11) is 0. The smallest absolute Gasteiger partial charge is 0.255 e. The third kappa shape index (κ3) is 3.28. The van der Waals surface area contributed by atoms with E-state index in [4.69, 9.17) is 11.6 Å². The van der Waals surface area contributed by atoms with Crippen molar-refractivity contribution in [2.75, 3.05) is 11.6 Å². The van der Waals surface area contributed by atoms with E-state index in [1.54, 1.807) is 42.1 Å². The van der Waals surface area contributed by atoms with Crippen LogP contribution in [0.2, 0.25) is 5.02 Å². The first kappa shape index (κ1) is 13.0. The van der Waals surface area contributed by atoms with Crippen LogP contribution in [0.1, 0.15) is 10.4 Å². The van der Waals surface area contributed by atoms with E-state index in [1.807, 2.05) is 24.5 Å². The van der Waals surface area contributed by atoms with Gasteiger partial charge in [0.25, 0.3) is 5.91 Å². The lowest BCUT2D eigenvalue weighted by atomic mass is 10.2. The molecule has 0 unspecified atom stereocenters. The summed E-state index contributed by atoms with van der Waals surface area (Å²) in [6, 6.07) is 14.6. The molecular formula is C14H12ClNOS. The first-order valence-corrected chi connectivity index (χ1v) is 7.00. The molecule has 0 saturated heterocycles. The number of nitrogens with one attached hydrogen (secondary N) is 1. The molecule has 2 nitrogen and oxygen atoms in total. The van der Waals surface area contributed by atoms with E-state index in [1.165, 1.54) is 0 Å². The largest absolute Gasteiger partial charge is 0.322 e. The van der Waals surface area contributed by atoms with Crippen LogP contribution in [0.4, 0.5) is 5.69 Å². The highest BCUT2D eigenvalue weighted by atomic mass is 35.5. The summed E-state index contributed by atoms with van der Waals surface area (Å²) in [5.74, 6) is -0.117. The molecule has 0 saturated carbocycles. The third-order valence-corrected chi connectivity index (χ3v) is 3.41. The van der Waals surface area contributed by atoms with Crippen molar-refractivity contribution in [3.8, 4) is 0 Å². The maximum Gasteiger partial charge on any atom is 0.255 e. The molecule has 0 aliphatic rings. The topological polar surface area (TPSA) is 29.1 Å². The Labute approximate surface area is 115 Å². The second-order valence-electron chi connectivity index (χ2n) is 3.69. The number of benzene rings is 2. The lowest BCUT2D eigenvalue weighted by molar-refractivity contribution is 0.102. The SMILES string of the molecule is CSc1cccc(C(=O)Nc2ccc(Cl)cc2)c1. The zero-order valence-electron chi connectivity index (χ0n) is 9.81. The fraction of sp³-hybridized carbons (Fsp3) is 0.0714. The Kier molecular flexibility index (Phi) is 4.28. The first-order valence-electron chi connectivity index (χ1n) is 5.40. The molecule has 0 heterocycles. The predicted molar refractivity (Wildman–Crippen MR) is 77.6 cm³/mol. The van der Waals surface area contributed by atoms with Gasteiger partial charge in [-0.2, -0.15) is 0 Å². The maximum absolute atomic E-state index is 12.0. The number of rotatable bonds is 3.